The van der Waals surface area contributed by atoms with Crippen molar-refractivity contribution in [3.63, 3.8) is 0 Å². The van der Waals surface area contributed by atoms with Crippen LogP contribution in [-0.4, -0.2) is 71.5 Å². The molecule has 2 aromatic carbocycles. The number of pyridine rings is 1. The van der Waals surface area contributed by atoms with Crippen LogP contribution in [0.5, 0.6) is 0 Å². The molecule has 0 spiro atoms. The predicted molar refractivity (Wildman–Crippen MR) is 148 cm³/mol. The van der Waals surface area contributed by atoms with Crippen molar-refractivity contribution in [1.29, 1.82) is 0 Å². The highest BCUT2D eigenvalue weighted by atomic mass is 16.2. The highest BCUT2D eigenvalue weighted by Crippen LogP contribution is 2.17. The molecule has 0 fully saturated rings. The van der Waals surface area contributed by atoms with E-state index in [0.29, 0.717) is 44.7 Å². The maximum Gasteiger partial charge on any atom is 0.332 e. The monoisotopic (exact) mass is 520 g/mol. The maximum atomic E-state index is 13.2. The number of carbonyl (C=O) groups is 3. The SMILES string of the molecule is NCCN(CCN)C(=O)CCN(N)C(=O)N[C@@H](CCc1ccccc1)C(=O)Nc1cnc2ccccc2c1. The highest BCUT2D eigenvalue weighted by molar-refractivity contribution is 5.98. The zero-order chi connectivity index (χ0) is 27.3. The number of nitrogens with two attached hydrogens (primary N) is 3. The number of hydrogen-bond donors (Lipinski definition) is 5. The lowest BCUT2D eigenvalue weighted by atomic mass is 10.0. The number of rotatable bonds is 13. The minimum atomic E-state index is -0.873. The Bertz CT molecular complexity index is 1200. The number of hydrogen-bond acceptors (Lipinski definition) is 7. The molecule has 0 saturated heterocycles. The Morgan fingerprint density at radius 1 is 0.921 bits per heavy atom. The zero-order valence-corrected chi connectivity index (χ0v) is 21.4. The second kappa shape index (κ2) is 14.6. The molecule has 0 saturated carbocycles. The Kier molecular flexibility index (Phi) is 11.0. The number of hydrazine groups is 1. The number of carbonyl (C=O) groups excluding carboxylic acids is 3. The Labute approximate surface area is 222 Å². The van der Waals surface area contributed by atoms with E-state index in [1.165, 1.54) is 0 Å². The smallest absolute Gasteiger partial charge is 0.332 e. The molecule has 3 rings (SSSR count). The van der Waals surface area contributed by atoms with Gasteiger partial charge in [0.2, 0.25) is 11.8 Å². The van der Waals surface area contributed by atoms with E-state index in [0.717, 1.165) is 21.5 Å². The number of aryl methyl sites for hydroxylation is 1. The Balaban J connectivity index is 1.65. The Morgan fingerprint density at radius 3 is 2.32 bits per heavy atom. The van der Waals surface area contributed by atoms with Gasteiger partial charge >= 0.3 is 6.03 Å². The molecular weight excluding hydrogens is 484 g/mol. The van der Waals surface area contributed by atoms with Gasteiger partial charge in [0.1, 0.15) is 6.04 Å². The quantitative estimate of drug-likeness (QED) is 0.128. The molecule has 1 heterocycles. The molecule has 11 heteroatoms. The third kappa shape index (κ3) is 8.51. The molecular formula is C27H36N8O3. The van der Waals surface area contributed by atoms with Gasteiger partial charge in [-0.05, 0) is 30.5 Å². The molecule has 11 nitrogen and oxygen atoms in total. The van der Waals surface area contributed by atoms with Gasteiger partial charge in [-0.2, -0.15) is 0 Å². The lowest BCUT2D eigenvalue weighted by molar-refractivity contribution is -0.131. The average Bonchev–Trinajstić information content (AvgIpc) is 2.93. The summed E-state index contributed by atoms with van der Waals surface area (Å²) in [4.78, 5) is 44.5. The van der Waals surface area contributed by atoms with Crippen molar-refractivity contribution in [3.8, 4) is 0 Å². The fourth-order valence-electron chi connectivity index (χ4n) is 3.97. The van der Waals surface area contributed by atoms with Crippen molar-refractivity contribution < 1.29 is 14.4 Å². The van der Waals surface area contributed by atoms with Crippen LogP contribution >= 0.6 is 0 Å². The minimum Gasteiger partial charge on any atom is -0.340 e. The fraction of sp³-hybridized carbons (Fsp3) is 0.333. The Morgan fingerprint density at radius 2 is 1.61 bits per heavy atom. The van der Waals surface area contributed by atoms with Crippen molar-refractivity contribution in [2.24, 2.45) is 17.3 Å². The van der Waals surface area contributed by atoms with Gasteiger partial charge in [-0.1, -0.05) is 48.5 Å². The number of nitrogens with zero attached hydrogens (tertiary/aromatic N) is 3. The summed E-state index contributed by atoms with van der Waals surface area (Å²) in [7, 11) is 0. The van der Waals surface area contributed by atoms with Gasteiger partial charge in [0, 0.05) is 44.5 Å². The van der Waals surface area contributed by atoms with Crippen LogP contribution in [0, 0.1) is 0 Å². The normalized spacial score (nSPS) is 11.6. The van der Waals surface area contributed by atoms with E-state index in [4.69, 9.17) is 17.3 Å². The summed E-state index contributed by atoms with van der Waals surface area (Å²) in [6.45, 7) is 1.33. The topological polar surface area (TPSA) is 173 Å². The molecule has 0 aliphatic heterocycles. The largest absolute Gasteiger partial charge is 0.340 e. The van der Waals surface area contributed by atoms with Crippen LogP contribution < -0.4 is 27.9 Å². The number of para-hydroxylation sites is 1. The van der Waals surface area contributed by atoms with E-state index in [2.05, 4.69) is 15.6 Å². The first-order valence-electron chi connectivity index (χ1n) is 12.6. The summed E-state index contributed by atoms with van der Waals surface area (Å²) in [6, 6.07) is 17.5. The van der Waals surface area contributed by atoms with Gasteiger partial charge in [-0.15, -0.1) is 0 Å². The second-order valence-corrected chi connectivity index (χ2v) is 8.83. The lowest BCUT2D eigenvalue weighted by Gasteiger charge is -2.25. The third-order valence-corrected chi connectivity index (χ3v) is 6.01. The maximum absolute atomic E-state index is 13.2. The van der Waals surface area contributed by atoms with Crippen molar-refractivity contribution in [2.45, 2.75) is 25.3 Å². The molecule has 0 aliphatic carbocycles. The molecule has 1 atom stereocenters. The molecule has 4 amide bonds. The average molecular weight is 521 g/mol. The summed E-state index contributed by atoms with van der Waals surface area (Å²) in [5.74, 6) is 5.35. The first kappa shape index (κ1) is 28.5. The van der Waals surface area contributed by atoms with Crippen molar-refractivity contribution in [3.05, 3.63) is 72.4 Å². The van der Waals surface area contributed by atoms with Crippen LogP contribution in [0.15, 0.2) is 66.9 Å². The zero-order valence-electron chi connectivity index (χ0n) is 21.4. The fourth-order valence-corrected chi connectivity index (χ4v) is 3.97. The summed E-state index contributed by atoms with van der Waals surface area (Å²) < 4.78 is 0. The molecule has 202 valence electrons. The summed E-state index contributed by atoms with van der Waals surface area (Å²) >= 11 is 0. The molecule has 0 unspecified atom stereocenters. The molecule has 0 bridgehead atoms. The standard InChI is InChI=1S/C27H36N8O3/c28-13-16-34(17-14-29)25(36)12-15-35(30)27(38)33-24(11-10-20-6-2-1-3-7-20)26(37)32-22-18-21-8-4-5-9-23(21)31-19-22/h1-9,18-19,24H,10-17,28-30H2,(H,32,37)(H,33,38)/t24-/m0/s1. The number of urea groups is 1. The van der Waals surface area contributed by atoms with Gasteiger partial charge in [0.15, 0.2) is 0 Å². The summed E-state index contributed by atoms with van der Waals surface area (Å²) in [5, 5.41) is 7.35. The van der Waals surface area contributed by atoms with Crippen LogP contribution in [0.1, 0.15) is 18.4 Å². The van der Waals surface area contributed by atoms with Crippen molar-refractivity contribution in [2.75, 3.05) is 38.0 Å². The van der Waals surface area contributed by atoms with Gasteiger partial charge in [0.25, 0.3) is 0 Å². The van der Waals surface area contributed by atoms with E-state index in [1.54, 1.807) is 11.1 Å². The molecule has 0 radical (unpaired) electrons. The number of anilines is 1. The van der Waals surface area contributed by atoms with Gasteiger partial charge < -0.3 is 27.0 Å². The van der Waals surface area contributed by atoms with Crippen LogP contribution in [0.2, 0.25) is 0 Å². The molecule has 0 aliphatic rings. The minimum absolute atomic E-state index is 0.00750. The van der Waals surface area contributed by atoms with E-state index in [-0.39, 0.29) is 18.9 Å². The van der Waals surface area contributed by atoms with Gasteiger partial charge in [-0.3, -0.25) is 19.6 Å². The molecule has 3 aromatic rings. The van der Waals surface area contributed by atoms with Crippen LogP contribution in [-0.2, 0) is 16.0 Å². The second-order valence-electron chi connectivity index (χ2n) is 8.83. The number of nitrogens with one attached hydrogen (secondary N) is 2. The number of aromatic nitrogens is 1. The van der Waals surface area contributed by atoms with E-state index < -0.39 is 18.0 Å². The number of amides is 4. The van der Waals surface area contributed by atoms with Crippen molar-refractivity contribution in [1.82, 2.24) is 20.2 Å². The molecule has 38 heavy (non-hydrogen) atoms. The van der Waals surface area contributed by atoms with Crippen molar-refractivity contribution >= 4 is 34.4 Å². The van der Waals surface area contributed by atoms with Crippen LogP contribution in [0.25, 0.3) is 10.9 Å². The van der Waals surface area contributed by atoms with E-state index in [1.807, 2.05) is 60.7 Å². The van der Waals surface area contributed by atoms with Crippen LogP contribution in [0.3, 0.4) is 0 Å². The molecule has 1 aromatic heterocycles. The lowest BCUT2D eigenvalue weighted by Crippen LogP contribution is -2.53. The Hall–Kier alpha value is -4.06. The van der Waals surface area contributed by atoms with Gasteiger partial charge in [-0.25, -0.2) is 10.6 Å². The highest BCUT2D eigenvalue weighted by Gasteiger charge is 2.24. The molecule has 8 N–H and O–H groups in total. The van der Waals surface area contributed by atoms with Crippen LogP contribution in [0.4, 0.5) is 10.5 Å². The number of fused-ring (bicyclic) bond motifs is 1. The van der Waals surface area contributed by atoms with Gasteiger partial charge in [0.05, 0.1) is 17.4 Å². The predicted octanol–water partition coefficient (Wildman–Crippen LogP) is 1.20. The first-order valence-corrected chi connectivity index (χ1v) is 12.6. The third-order valence-electron chi connectivity index (χ3n) is 6.01. The number of benzene rings is 2. The van der Waals surface area contributed by atoms with E-state index in [9.17, 15) is 14.4 Å². The first-order chi connectivity index (χ1) is 18.4. The summed E-state index contributed by atoms with van der Waals surface area (Å²) in [6.07, 6.45) is 2.49. The van der Waals surface area contributed by atoms with E-state index >= 15 is 0 Å². The summed E-state index contributed by atoms with van der Waals surface area (Å²) in [5.41, 5.74) is 13.5.